The van der Waals surface area contributed by atoms with Gasteiger partial charge in [0.15, 0.2) is 0 Å². The Hall–Kier alpha value is -2.33. The van der Waals surface area contributed by atoms with Gasteiger partial charge in [0, 0.05) is 0 Å². The molecule has 1 aromatic carbocycles. The van der Waals surface area contributed by atoms with E-state index in [1.807, 2.05) is 13.8 Å². The smallest absolute Gasteiger partial charge is 0.234 e. The molecule has 0 saturated carbocycles. The zero-order valence-corrected chi connectivity index (χ0v) is 15.1. The number of nitrogens with one attached hydrogen (secondary N) is 1. The first-order valence-electron chi connectivity index (χ1n) is 8.84. The van der Waals surface area contributed by atoms with Crippen LogP contribution in [-0.4, -0.2) is 24.6 Å². The van der Waals surface area contributed by atoms with Gasteiger partial charge in [-0.05, 0) is 49.8 Å². The molecule has 4 heteroatoms. The molecular formula is C21H28N2O2. The summed E-state index contributed by atoms with van der Waals surface area (Å²) in [6.07, 6.45) is 9.34. The lowest BCUT2D eigenvalue weighted by Crippen LogP contribution is -2.47. The number of hydrogen-bond donors (Lipinski definition) is 2. The first kappa shape index (κ1) is 19.0. The molecule has 25 heavy (non-hydrogen) atoms. The van der Waals surface area contributed by atoms with E-state index in [1.54, 1.807) is 0 Å². The molecule has 134 valence electrons. The van der Waals surface area contributed by atoms with Gasteiger partial charge in [0.1, 0.15) is 5.76 Å². The summed E-state index contributed by atoms with van der Waals surface area (Å²) < 4.78 is 5.40. The second-order valence-electron chi connectivity index (χ2n) is 6.28. The van der Waals surface area contributed by atoms with Gasteiger partial charge in [-0.3, -0.25) is 10.1 Å². The van der Waals surface area contributed by atoms with Gasteiger partial charge in [-0.15, -0.1) is 0 Å². The van der Waals surface area contributed by atoms with Crippen LogP contribution < -0.4 is 11.1 Å². The third-order valence-corrected chi connectivity index (χ3v) is 4.33. The van der Waals surface area contributed by atoms with E-state index in [4.69, 9.17) is 10.5 Å². The van der Waals surface area contributed by atoms with Crippen LogP contribution in [0.25, 0.3) is 5.57 Å². The quantitative estimate of drug-likeness (QED) is 0.678. The summed E-state index contributed by atoms with van der Waals surface area (Å²) in [7, 11) is 0. The SMILES string of the molecule is C=C(OCC)C(C)NC(Cc1ccc(C2=CCCC=C2)cc1)C(N)=O. The van der Waals surface area contributed by atoms with Crippen LogP contribution in [0.2, 0.25) is 0 Å². The van der Waals surface area contributed by atoms with Gasteiger partial charge >= 0.3 is 0 Å². The maximum atomic E-state index is 11.8. The normalized spacial score (nSPS) is 16.0. The molecule has 4 nitrogen and oxygen atoms in total. The van der Waals surface area contributed by atoms with Gasteiger partial charge in [0.05, 0.1) is 18.7 Å². The van der Waals surface area contributed by atoms with E-state index in [2.05, 4.69) is 54.4 Å². The van der Waals surface area contributed by atoms with Crippen LogP contribution >= 0.6 is 0 Å². The van der Waals surface area contributed by atoms with Crippen molar-refractivity contribution in [2.75, 3.05) is 6.61 Å². The molecule has 0 spiro atoms. The Bertz CT molecular complexity index is 659. The number of rotatable bonds is 9. The summed E-state index contributed by atoms with van der Waals surface area (Å²) >= 11 is 0. The zero-order valence-electron chi connectivity index (χ0n) is 15.1. The minimum atomic E-state index is -0.466. The molecule has 1 amide bonds. The van der Waals surface area contributed by atoms with Gasteiger partial charge in [0.25, 0.3) is 0 Å². The third-order valence-electron chi connectivity index (χ3n) is 4.33. The predicted octanol–water partition coefficient (Wildman–Crippen LogP) is 3.34. The molecule has 0 saturated heterocycles. The number of allylic oxidation sites excluding steroid dienone is 4. The van der Waals surface area contributed by atoms with Crippen LogP contribution in [0.3, 0.4) is 0 Å². The molecule has 1 aromatic rings. The van der Waals surface area contributed by atoms with Crippen LogP contribution in [0.15, 0.2) is 54.8 Å². The number of carbonyl (C=O) groups is 1. The highest BCUT2D eigenvalue weighted by atomic mass is 16.5. The molecule has 0 aliphatic heterocycles. The topological polar surface area (TPSA) is 64.3 Å². The van der Waals surface area contributed by atoms with Gasteiger partial charge in [0.2, 0.25) is 5.91 Å². The van der Waals surface area contributed by atoms with Crippen molar-refractivity contribution in [2.24, 2.45) is 5.73 Å². The number of ether oxygens (including phenoxy) is 1. The highest BCUT2D eigenvalue weighted by molar-refractivity contribution is 5.80. The summed E-state index contributed by atoms with van der Waals surface area (Å²) in [4.78, 5) is 11.8. The third kappa shape index (κ3) is 5.61. The van der Waals surface area contributed by atoms with Crippen LogP contribution in [0, 0.1) is 0 Å². The highest BCUT2D eigenvalue weighted by Crippen LogP contribution is 2.22. The Balaban J connectivity index is 2.01. The summed E-state index contributed by atoms with van der Waals surface area (Å²) in [5.74, 6) is 0.235. The van der Waals surface area contributed by atoms with Gasteiger partial charge in [-0.2, -0.15) is 0 Å². The number of amides is 1. The number of carbonyl (C=O) groups excluding carboxylic acids is 1. The fourth-order valence-electron chi connectivity index (χ4n) is 2.84. The molecule has 0 radical (unpaired) electrons. The first-order valence-corrected chi connectivity index (χ1v) is 8.84. The molecule has 0 fully saturated rings. The monoisotopic (exact) mass is 340 g/mol. The van der Waals surface area contributed by atoms with E-state index < -0.39 is 6.04 Å². The maximum absolute atomic E-state index is 11.8. The summed E-state index contributed by atoms with van der Waals surface area (Å²) in [6, 6.07) is 7.69. The summed E-state index contributed by atoms with van der Waals surface area (Å²) in [6.45, 7) is 8.25. The second-order valence-corrected chi connectivity index (χ2v) is 6.28. The van der Waals surface area contributed by atoms with Crippen molar-refractivity contribution >= 4 is 11.5 Å². The molecule has 2 rings (SSSR count). The van der Waals surface area contributed by atoms with Gasteiger partial charge < -0.3 is 10.5 Å². The molecule has 1 aliphatic rings. The Labute approximate surface area is 150 Å². The number of benzene rings is 1. The maximum Gasteiger partial charge on any atom is 0.234 e. The van der Waals surface area contributed by atoms with Crippen LogP contribution in [0.4, 0.5) is 0 Å². The molecule has 0 aromatic heterocycles. The summed E-state index contributed by atoms with van der Waals surface area (Å²) in [5.41, 5.74) is 9.08. The number of hydrogen-bond acceptors (Lipinski definition) is 3. The van der Waals surface area contributed by atoms with Crippen LogP contribution in [-0.2, 0) is 16.0 Å². The number of primary amides is 1. The molecule has 0 bridgehead atoms. The Morgan fingerprint density at radius 3 is 2.60 bits per heavy atom. The van der Waals surface area contributed by atoms with E-state index in [1.165, 1.54) is 11.1 Å². The number of nitrogens with two attached hydrogens (primary N) is 1. The van der Waals surface area contributed by atoms with Crippen molar-refractivity contribution < 1.29 is 9.53 Å². The lowest BCUT2D eigenvalue weighted by molar-refractivity contribution is -0.120. The Morgan fingerprint density at radius 2 is 2.04 bits per heavy atom. The van der Waals surface area contributed by atoms with Crippen molar-refractivity contribution in [1.29, 1.82) is 0 Å². The van der Waals surface area contributed by atoms with E-state index >= 15 is 0 Å². The molecule has 3 N–H and O–H groups in total. The average Bonchev–Trinajstić information content (AvgIpc) is 2.62. The van der Waals surface area contributed by atoms with Gasteiger partial charge in [-0.25, -0.2) is 0 Å². The minimum absolute atomic E-state index is 0.144. The fraction of sp³-hybridized carbons (Fsp3) is 0.381. The largest absolute Gasteiger partial charge is 0.497 e. The molecule has 0 heterocycles. The lowest BCUT2D eigenvalue weighted by atomic mass is 9.97. The molecule has 2 unspecified atom stereocenters. The van der Waals surface area contributed by atoms with Gasteiger partial charge in [-0.1, -0.05) is 49.1 Å². The van der Waals surface area contributed by atoms with Crippen LogP contribution in [0.5, 0.6) is 0 Å². The summed E-state index contributed by atoms with van der Waals surface area (Å²) in [5, 5.41) is 3.21. The fourth-order valence-corrected chi connectivity index (χ4v) is 2.84. The minimum Gasteiger partial charge on any atom is -0.497 e. The molecular weight excluding hydrogens is 312 g/mol. The van der Waals surface area contributed by atoms with E-state index in [0.717, 1.165) is 18.4 Å². The van der Waals surface area contributed by atoms with E-state index in [0.29, 0.717) is 18.8 Å². The van der Waals surface area contributed by atoms with E-state index in [-0.39, 0.29) is 11.9 Å². The highest BCUT2D eigenvalue weighted by Gasteiger charge is 2.20. The standard InChI is InChI=1S/C21H28N2O2/c1-4-25-16(3)15(2)23-20(21(22)24)14-17-10-12-19(13-11-17)18-8-6-5-7-9-18/h6,8-13,15,20,23H,3-5,7,14H2,1-2H3,(H2,22,24). The Morgan fingerprint density at radius 1 is 1.32 bits per heavy atom. The molecule has 1 aliphatic carbocycles. The first-order chi connectivity index (χ1) is 12.0. The van der Waals surface area contributed by atoms with E-state index in [9.17, 15) is 4.79 Å². The zero-order chi connectivity index (χ0) is 18.2. The van der Waals surface area contributed by atoms with Crippen molar-refractivity contribution in [2.45, 2.75) is 45.2 Å². The van der Waals surface area contributed by atoms with Crippen molar-refractivity contribution in [1.82, 2.24) is 5.32 Å². The average molecular weight is 340 g/mol. The predicted molar refractivity (Wildman–Crippen MR) is 103 cm³/mol. The Kier molecular flexibility index (Phi) is 7.02. The second kappa shape index (κ2) is 9.23. The van der Waals surface area contributed by atoms with Crippen molar-refractivity contribution in [3.05, 3.63) is 66.0 Å². The van der Waals surface area contributed by atoms with Crippen molar-refractivity contribution in [3.63, 3.8) is 0 Å². The lowest BCUT2D eigenvalue weighted by Gasteiger charge is -2.22. The van der Waals surface area contributed by atoms with Crippen LogP contribution in [0.1, 0.15) is 37.8 Å². The molecule has 2 atom stereocenters. The van der Waals surface area contributed by atoms with Crippen molar-refractivity contribution in [3.8, 4) is 0 Å².